The number of imidazole rings is 1. The van der Waals surface area contributed by atoms with Crippen molar-refractivity contribution >= 4 is 0 Å². The first-order valence-corrected chi connectivity index (χ1v) is 3.70. The molecule has 5 nitrogen and oxygen atoms in total. The van der Waals surface area contributed by atoms with Crippen molar-refractivity contribution in [2.45, 2.75) is 6.54 Å². The van der Waals surface area contributed by atoms with Crippen LogP contribution in [0.15, 0.2) is 25.0 Å². The van der Waals surface area contributed by atoms with E-state index in [1.165, 1.54) is 6.33 Å². The first-order chi connectivity index (χ1) is 5.84. The summed E-state index contributed by atoms with van der Waals surface area (Å²) in [4.78, 5) is 4.02. The number of nitrogens with one attached hydrogen (secondary N) is 1. The summed E-state index contributed by atoms with van der Waals surface area (Å²) in [6.07, 6.45) is 7.47. The Morgan fingerprint density at radius 1 is 1.67 bits per heavy atom. The topological polar surface area (TPSA) is 50.4 Å². The third kappa shape index (κ3) is 1.34. The van der Waals surface area contributed by atoms with Gasteiger partial charge >= 0.3 is 0 Å². The lowest BCUT2D eigenvalue weighted by Crippen LogP contribution is -2.23. The number of hydrogen-bond donors (Lipinski definition) is 1. The monoisotopic (exact) mass is 164 g/mol. The van der Waals surface area contributed by atoms with Crippen molar-refractivity contribution in [3.8, 4) is 0 Å². The van der Waals surface area contributed by atoms with Crippen LogP contribution in [0.2, 0.25) is 0 Å². The van der Waals surface area contributed by atoms with E-state index in [9.17, 15) is 0 Å². The Morgan fingerprint density at radius 2 is 2.58 bits per heavy atom. The maximum atomic E-state index is 4.02. The van der Waals surface area contributed by atoms with Gasteiger partial charge in [-0.3, -0.25) is 5.10 Å². The molecule has 0 bridgehead atoms. The molecule has 0 saturated heterocycles. The van der Waals surface area contributed by atoms with Crippen LogP contribution >= 0.6 is 0 Å². The molecule has 1 N–H and O–H groups in total. The summed E-state index contributed by atoms with van der Waals surface area (Å²) < 4.78 is 4.01. The fourth-order valence-electron chi connectivity index (χ4n) is 1.08. The van der Waals surface area contributed by atoms with Crippen molar-refractivity contribution < 1.29 is 4.57 Å². The number of rotatable bonds is 2. The molecule has 0 radical (unpaired) electrons. The number of nitrogens with zero attached hydrogens (tertiary/aromatic N) is 4. The normalized spacial score (nSPS) is 10.4. The van der Waals surface area contributed by atoms with Gasteiger partial charge < -0.3 is 0 Å². The predicted molar refractivity (Wildman–Crippen MR) is 41.1 cm³/mol. The van der Waals surface area contributed by atoms with E-state index in [2.05, 4.69) is 15.2 Å². The Kier molecular flexibility index (Phi) is 1.62. The molecule has 0 spiro atoms. The fraction of sp³-hybridized carbons (Fsp3) is 0.286. The van der Waals surface area contributed by atoms with Crippen molar-refractivity contribution in [1.82, 2.24) is 19.7 Å². The first-order valence-electron chi connectivity index (χ1n) is 3.70. The molecule has 0 amide bonds. The van der Waals surface area contributed by atoms with E-state index in [1.807, 2.05) is 34.9 Å². The molecule has 0 atom stereocenters. The van der Waals surface area contributed by atoms with Gasteiger partial charge in [0.1, 0.15) is 25.3 Å². The van der Waals surface area contributed by atoms with Gasteiger partial charge in [-0.25, -0.2) is 14.1 Å². The number of aryl methyl sites for hydroxylation is 1. The van der Waals surface area contributed by atoms with Gasteiger partial charge in [0, 0.05) is 0 Å². The minimum absolute atomic E-state index is 0.737. The molecular formula is C7H10N5+. The van der Waals surface area contributed by atoms with Crippen LogP contribution in [0.3, 0.4) is 0 Å². The summed E-state index contributed by atoms with van der Waals surface area (Å²) in [7, 11) is 1.98. The zero-order valence-electron chi connectivity index (χ0n) is 6.81. The van der Waals surface area contributed by atoms with Gasteiger partial charge in [0.2, 0.25) is 6.33 Å². The lowest BCUT2D eigenvalue weighted by molar-refractivity contribution is -0.671. The van der Waals surface area contributed by atoms with Gasteiger partial charge in [-0.15, -0.1) is 0 Å². The molecule has 2 heterocycles. The highest BCUT2D eigenvalue weighted by Crippen LogP contribution is 1.90. The standard InChI is InChI=1S/C7H10N5/c1-11-2-3-12(6-11)4-7-8-5-9-10-7/h2-3,5-6H,4H2,1H3,(H,8,9,10)/q+1. The molecule has 0 aliphatic carbocycles. The second-order valence-corrected chi connectivity index (χ2v) is 2.68. The Bertz CT molecular complexity index is 348. The van der Waals surface area contributed by atoms with Crippen LogP contribution < -0.4 is 4.57 Å². The lowest BCUT2D eigenvalue weighted by Gasteiger charge is -1.88. The minimum atomic E-state index is 0.737. The van der Waals surface area contributed by atoms with Crippen LogP contribution in [-0.4, -0.2) is 19.7 Å². The second-order valence-electron chi connectivity index (χ2n) is 2.68. The van der Waals surface area contributed by atoms with E-state index in [4.69, 9.17) is 0 Å². The zero-order chi connectivity index (χ0) is 8.39. The van der Waals surface area contributed by atoms with Crippen LogP contribution in [0.1, 0.15) is 5.82 Å². The van der Waals surface area contributed by atoms with Gasteiger partial charge in [0.25, 0.3) is 0 Å². The van der Waals surface area contributed by atoms with Crippen molar-refractivity contribution in [3.63, 3.8) is 0 Å². The van der Waals surface area contributed by atoms with E-state index >= 15 is 0 Å². The largest absolute Gasteiger partial charge is 0.260 e. The number of hydrogen-bond acceptors (Lipinski definition) is 2. The summed E-state index contributed by atoms with van der Waals surface area (Å²) in [6, 6.07) is 0. The van der Waals surface area contributed by atoms with E-state index in [0.29, 0.717) is 0 Å². The van der Waals surface area contributed by atoms with Crippen molar-refractivity contribution in [1.29, 1.82) is 0 Å². The SMILES string of the molecule is C[n+]1ccn(Cc2ncn[nH]2)c1. The Balaban J connectivity index is 2.14. The highest BCUT2D eigenvalue weighted by Gasteiger charge is 2.02. The molecule has 2 aromatic rings. The summed E-state index contributed by atoms with van der Waals surface area (Å²) in [5.41, 5.74) is 0. The molecule has 5 heteroatoms. The van der Waals surface area contributed by atoms with Gasteiger partial charge in [-0.05, 0) is 0 Å². The first kappa shape index (κ1) is 7.02. The Labute approximate surface area is 69.7 Å². The number of H-pyrrole nitrogens is 1. The summed E-state index contributed by atoms with van der Waals surface area (Å²) in [5, 5.41) is 6.57. The minimum Gasteiger partial charge on any atom is -0.260 e. The predicted octanol–water partition coefficient (Wildman–Crippen LogP) is -0.521. The van der Waals surface area contributed by atoms with Crippen LogP contribution in [0.4, 0.5) is 0 Å². The molecule has 0 fully saturated rings. The molecule has 62 valence electrons. The second kappa shape index (κ2) is 2.77. The van der Waals surface area contributed by atoms with Crippen LogP contribution in [0.5, 0.6) is 0 Å². The summed E-state index contributed by atoms with van der Waals surface area (Å²) >= 11 is 0. The van der Waals surface area contributed by atoms with Crippen molar-refractivity contribution in [2.24, 2.45) is 7.05 Å². The highest BCUT2D eigenvalue weighted by atomic mass is 15.2. The average Bonchev–Trinajstić information content (AvgIpc) is 2.63. The molecular weight excluding hydrogens is 154 g/mol. The van der Waals surface area contributed by atoms with E-state index in [1.54, 1.807) is 0 Å². The Hall–Kier alpha value is -1.65. The lowest BCUT2D eigenvalue weighted by atomic mass is 10.6. The molecule has 12 heavy (non-hydrogen) atoms. The summed E-state index contributed by atoms with van der Waals surface area (Å²) in [6.45, 7) is 0.737. The molecule has 0 aliphatic heterocycles. The van der Waals surface area contributed by atoms with E-state index < -0.39 is 0 Å². The van der Waals surface area contributed by atoms with E-state index in [0.717, 1.165) is 12.4 Å². The Morgan fingerprint density at radius 3 is 3.17 bits per heavy atom. The van der Waals surface area contributed by atoms with Crippen LogP contribution in [-0.2, 0) is 13.6 Å². The summed E-state index contributed by atoms with van der Waals surface area (Å²) in [5.74, 6) is 0.867. The quantitative estimate of drug-likeness (QED) is 0.607. The molecule has 0 unspecified atom stereocenters. The van der Waals surface area contributed by atoms with Crippen molar-refractivity contribution in [2.75, 3.05) is 0 Å². The maximum Gasteiger partial charge on any atom is 0.243 e. The van der Waals surface area contributed by atoms with Gasteiger partial charge in [-0.1, -0.05) is 0 Å². The van der Waals surface area contributed by atoms with Crippen molar-refractivity contribution in [3.05, 3.63) is 30.9 Å². The molecule has 2 aromatic heterocycles. The van der Waals surface area contributed by atoms with Gasteiger partial charge in [0.15, 0.2) is 5.82 Å². The molecule has 2 rings (SSSR count). The molecule has 0 aromatic carbocycles. The van der Waals surface area contributed by atoms with Gasteiger partial charge in [-0.2, -0.15) is 5.10 Å². The maximum absolute atomic E-state index is 4.02. The number of aromatic amines is 1. The highest BCUT2D eigenvalue weighted by molar-refractivity contribution is 4.82. The van der Waals surface area contributed by atoms with E-state index in [-0.39, 0.29) is 0 Å². The van der Waals surface area contributed by atoms with Gasteiger partial charge in [0.05, 0.1) is 7.05 Å². The molecule has 0 saturated carbocycles. The van der Waals surface area contributed by atoms with Crippen LogP contribution in [0.25, 0.3) is 0 Å². The zero-order valence-corrected chi connectivity index (χ0v) is 6.81. The third-order valence-electron chi connectivity index (χ3n) is 1.62. The fourth-order valence-corrected chi connectivity index (χ4v) is 1.08. The number of aromatic nitrogens is 5. The smallest absolute Gasteiger partial charge is 0.243 e. The van der Waals surface area contributed by atoms with Crippen LogP contribution in [0, 0.1) is 0 Å². The third-order valence-corrected chi connectivity index (χ3v) is 1.62. The molecule has 0 aliphatic rings. The average molecular weight is 164 g/mol.